The Morgan fingerprint density at radius 3 is 2.48 bits per heavy atom. The lowest BCUT2D eigenvalue weighted by Crippen LogP contribution is -2.35. The second-order valence-electron chi connectivity index (χ2n) is 7.24. The van der Waals surface area contributed by atoms with Gasteiger partial charge in [-0.2, -0.15) is 0 Å². The minimum atomic E-state index is 0.154. The monoisotopic (exact) mass is 354 g/mol. The molecule has 1 aromatic carbocycles. The van der Waals surface area contributed by atoms with Gasteiger partial charge in [0.05, 0.1) is 0 Å². The molecule has 1 atom stereocenters. The highest BCUT2D eigenvalue weighted by molar-refractivity contribution is 9.10. The van der Waals surface area contributed by atoms with Crippen molar-refractivity contribution >= 4 is 15.9 Å². The summed E-state index contributed by atoms with van der Waals surface area (Å²) in [6.45, 7) is 14.2. The molecule has 0 aliphatic rings. The van der Waals surface area contributed by atoms with Gasteiger partial charge in [0.25, 0.3) is 0 Å². The van der Waals surface area contributed by atoms with Crippen molar-refractivity contribution in [3.63, 3.8) is 0 Å². The van der Waals surface area contributed by atoms with E-state index in [2.05, 4.69) is 86.0 Å². The number of nitrogens with zero attached hydrogens (tertiary/aromatic N) is 1. The zero-order valence-corrected chi connectivity index (χ0v) is 16.0. The summed E-state index contributed by atoms with van der Waals surface area (Å²) in [5.74, 6) is 0.754. The van der Waals surface area contributed by atoms with Crippen LogP contribution in [0.5, 0.6) is 0 Å². The Balaban J connectivity index is 2.61. The van der Waals surface area contributed by atoms with E-state index in [1.807, 2.05) is 0 Å². The molecule has 0 aliphatic carbocycles. The van der Waals surface area contributed by atoms with Crippen LogP contribution in [-0.4, -0.2) is 24.0 Å². The first kappa shape index (κ1) is 18.7. The third-order valence-electron chi connectivity index (χ3n) is 3.70. The zero-order valence-electron chi connectivity index (χ0n) is 14.5. The summed E-state index contributed by atoms with van der Waals surface area (Å²) in [4.78, 5) is 2.40. The average Bonchev–Trinajstić information content (AvgIpc) is 2.38. The van der Waals surface area contributed by atoms with Crippen LogP contribution in [0.2, 0.25) is 0 Å². The van der Waals surface area contributed by atoms with E-state index in [0.29, 0.717) is 0 Å². The lowest BCUT2D eigenvalue weighted by Gasteiger charge is -2.22. The largest absolute Gasteiger partial charge is 0.308 e. The topological polar surface area (TPSA) is 15.3 Å². The van der Waals surface area contributed by atoms with Gasteiger partial charge in [-0.1, -0.05) is 48.3 Å². The number of hydrogen-bond acceptors (Lipinski definition) is 2. The van der Waals surface area contributed by atoms with E-state index in [9.17, 15) is 0 Å². The Bertz CT molecular complexity index is 437. The van der Waals surface area contributed by atoms with Crippen LogP contribution in [0, 0.1) is 5.92 Å². The summed E-state index contributed by atoms with van der Waals surface area (Å²) in [7, 11) is 2.20. The molecule has 0 aromatic heterocycles. The van der Waals surface area contributed by atoms with Crippen molar-refractivity contribution in [3.05, 3.63) is 33.8 Å². The Labute approximate surface area is 139 Å². The molecule has 0 aliphatic heterocycles. The summed E-state index contributed by atoms with van der Waals surface area (Å²) in [6.07, 6.45) is 1.24. The number of nitrogens with one attached hydrogen (secondary N) is 1. The van der Waals surface area contributed by atoms with Crippen LogP contribution in [0.15, 0.2) is 22.7 Å². The van der Waals surface area contributed by atoms with E-state index < -0.39 is 0 Å². The van der Waals surface area contributed by atoms with Gasteiger partial charge in [-0.25, -0.2) is 0 Å². The fraction of sp³-hybridized carbons (Fsp3) is 0.667. The van der Waals surface area contributed by atoms with E-state index in [-0.39, 0.29) is 5.54 Å². The fourth-order valence-corrected chi connectivity index (χ4v) is 2.76. The Morgan fingerprint density at radius 1 is 1.29 bits per heavy atom. The van der Waals surface area contributed by atoms with Crippen LogP contribution in [0.1, 0.15) is 52.2 Å². The third kappa shape index (κ3) is 7.44. The average molecular weight is 355 g/mol. The molecule has 1 rings (SSSR count). The first-order valence-electron chi connectivity index (χ1n) is 7.92. The molecule has 120 valence electrons. The quantitative estimate of drug-likeness (QED) is 0.755. The van der Waals surface area contributed by atoms with Gasteiger partial charge >= 0.3 is 0 Å². The molecule has 0 heterocycles. The minimum Gasteiger partial charge on any atom is -0.308 e. The predicted octanol–water partition coefficient (Wildman–Crippen LogP) is 4.82. The van der Waals surface area contributed by atoms with E-state index in [1.165, 1.54) is 22.0 Å². The predicted molar refractivity (Wildman–Crippen MR) is 96.5 cm³/mol. The molecular formula is C18H31BrN2. The highest BCUT2D eigenvalue weighted by atomic mass is 79.9. The lowest BCUT2D eigenvalue weighted by molar-refractivity contribution is 0.275. The first-order valence-corrected chi connectivity index (χ1v) is 8.71. The fourth-order valence-electron chi connectivity index (χ4n) is 2.21. The molecule has 0 saturated carbocycles. The van der Waals surface area contributed by atoms with Gasteiger partial charge in [0.15, 0.2) is 0 Å². The van der Waals surface area contributed by atoms with Gasteiger partial charge in [0.2, 0.25) is 0 Å². The summed E-state index contributed by atoms with van der Waals surface area (Å²) in [5, 5.41) is 3.53. The van der Waals surface area contributed by atoms with Gasteiger partial charge in [-0.05, 0) is 50.9 Å². The van der Waals surface area contributed by atoms with Gasteiger partial charge in [-0.3, -0.25) is 0 Å². The molecule has 1 aromatic rings. The number of rotatable bonds is 7. The standard InChI is InChI=1S/C18H31BrN2/c1-7-14(2)12-21(6)13-16-9-8-15(10-17(16)19)11-20-18(3,4)5/h8-10,14,20H,7,11-13H2,1-6H3. The molecular weight excluding hydrogens is 324 g/mol. The lowest BCUT2D eigenvalue weighted by atomic mass is 10.1. The van der Waals surface area contributed by atoms with Gasteiger partial charge in [0.1, 0.15) is 0 Å². The molecule has 3 heteroatoms. The van der Waals surface area contributed by atoms with E-state index >= 15 is 0 Å². The van der Waals surface area contributed by atoms with Crippen molar-refractivity contribution in [2.24, 2.45) is 5.92 Å². The van der Waals surface area contributed by atoms with Crippen molar-refractivity contribution in [1.82, 2.24) is 10.2 Å². The Hall–Kier alpha value is -0.380. The highest BCUT2D eigenvalue weighted by Crippen LogP contribution is 2.21. The molecule has 0 spiro atoms. The molecule has 2 nitrogen and oxygen atoms in total. The maximum atomic E-state index is 3.72. The van der Waals surface area contributed by atoms with E-state index in [4.69, 9.17) is 0 Å². The molecule has 1 unspecified atom stereocenters. The van der Waals surface area contributed by atoms with Crippen LogP contribution >= 0.6 is 15.9 Å². The number of halogens is 1. The second kappa shape index (κ2) is 8.30. The maximum Gasteiger partial charge on any atom is 0.0242 e. The van der Waals surface area contributed by atoms with E-state index in [1.54, 1.807) is 0 Å². The molecule has 1 N–H and O–H groups in total. The normalized spacial score (nSPS) is 13.7. The number of benzene rings is 1. The molecule has 0 radical (unpaired) electrons. The molecule has 0 amide bonds. The Kier molecular flexibility index (Phi) is 7.38. The molecule has 0 fully saturated rings. The van der Waals surface area contributed by atoms with Crippen molar-refractivity contribution in [3.8, 4) is 0 Å². The smallest absolute Gasteiger partial charge is 0.0242 e. The van der Waals surface area contributed by atoms with Gasteiger partial charge < -0.3 is 10.2 Å². The van der Waals surface area contributed by atoms with Crippen LogP contribution < -0.4 is 5.32 Å². The van der Waals surface area contributed by atoms with E-state index in [0.717, 1.165) is 25.6 Å². The summed E-state index contributed by atoms with van der Waals surface area (Å²) < 4.78 is 1.21. The van der Waals surface area contributed by atoms with Crippen molar-refractivity contribution in [2.75, 3.05) is 13.6 Å². The zero-order chi connectivity index (χ0) is 16.0. The summed E-state index contributed by atoms with van der Waals surface area (Å²) in [5.41, 5.74) is 2.84. The number of hydrogen-bond donors (Lipinski definition) is 1. The van der Waals surface area contributed by atoms with Gasteiger partial charge in [0, 0.05) is 29.6 Å². The second-order valence-corrected chi connectivity index (χ2v) is 8.09. The Morgan fingerprint density at radius 2 is 1.95 bits per heavy atom. The van der Waals surface area contributed by atoms with Crippen molar-refractivity contribution < 1.29 is 0 Å². The van der Waals surface area contributed by atoms with Crippen LogP contribution in [0.4, 0.5) is 0 Å². The highest BCUT2D eigenvalue weighted by Gasteiger charge is 2.10. The maximum absolute atomic E-state index is 3.72. The van der Waals surface area contributed by atoms with Crippen LogP contribution in [0.25, 0.3) is 0 Å². The van der Waals surface area contributed by atoms with Crippen LogP contribution in [0.3, 0.4) is 0 Å². The third-order valence-corrected chi connectivity index (χ3v) is 4.44. The van der Waals surface area contributed by atoms with Gasteiger partial charge in [-0.15, -0.1) is 0 Å². The molecule has 0 bridgehead atoms. The molecule has 21 heavy (non-hydrogen) atoms. The SMILES string of the molecule is CCC(C)CN(C)Cc1ccc(CNC(C)(C)C)cc1Br. The molecule has 0 saturated heterocycles. The summed E-state index contributed by atoms with van der Waals surface area (Å²) >= 11 is 3.72. The van der Waals surface area contributed by atoms with Crippen molar-refractivity contribution in [2.45, 2.75) is 59.7 Å². The first-order chi connectivity index (χ1) is 9.71. The van der Waals surface area contributed by atoms with Crippen LogP contribution in [-0.2, 0) is 13.1 Å². The minimum absolute atomic E-state index is 0.154. The van der Waals surface area contributed by atoms with Crippen molar-refractivity contribution in [1.29, 1.82) is 0 Å². The summed E-state index contributed by atoms with van der Waals surface area (Å²) in [6, 6.07) is 6.72.